The van der Waals surface area contributed by atoms with E-state index in [1.807, 2.05) is 24.3 Å². The van der Waals surface area contributed by atoms with Crippen LogP contribution in [0.25, 0.3) is 0 Å². The van der Waals surface area contributed by atoms with Gasteiger partial charge in [-0.05, 0) is 48.0 Å². The number of carbonyl (C=O) groups is 2. The second-order valence-corrected chi connectivity index (χ2v) is 7.94. The Morgan fingerprint density at radius 1 is 1.15 bits per heavy atom. The van der Waals surface area contributed by atoms with Gasteiger partial charge >= 0.3 is 0 Å². The average molecular weight is 464 g/mol. The zero-order valence-corrected chi connectivity index (χ0v) is 18.6. The van der Waals surface area contributed by atoms with Crippen LogP contribution in [0.4, 0.5) is 10.1 Å². The molecule has 0 saturated carbocycles. The number of hydrogen-bond acceptors (Lipinski definition) is 5. The highest BCUT2D eigenvalue weighted by Gasteiger charge is 2.35. The van der Waals surface area contributed by atoms with E-state index in [0.717, 1.165) is 5.56 Å². The van der Waals surface area contributed by atoms with Crippen molar-refractivity contribution in [1.82, 2.24) is 4.90 Å². The standard InChI is InChI=1S/C26H25FN2O5/c1-33-23-5-3-2-4-19(23)14-29-22(15-34-16-24(29)30)25(31)17-8-12-21(13-9-17)28-26(32)18-6-10-20(27)11-7-18/h2-13,22,25,31H,14-16H2,1H3,(H,28,32). The fraction of sp³-hybridized carbons (Fsp3) is 0.231. The highest BCUT2D eigenvalue weighted by molar-refractivity contribution is 6.04. The molecule has 3 aromatic rings. The van der Waals surface area contributed by atoms with Crippen molar-refractivity contribution in [3.05, 3.63) is 95.3 Å². The lowest BCUT2D eigenvalue weighted by Crippen LogP contribution is -2.51. The van der Waals surface area contributed by atoms with Gasteiger partial charge in [0.05, 0.1) is 19.8 Å². The summed E-state index contributed by atoms with van der Waals surface area (Å²) in [6.45, 7) is 0.414. The third-order valence-corrected chi connectivity index (χ3v) is 5.75. The second-order valence-electron chi connectivity index (χ2n) is 7.94. The molecule has 3 aromatic carbocycles. The monoisotopic (exact) mass is 464 g/mol. The molecule has 1 aliphatic rings. The summed E-state index contributed by atoms with van der Waals surface area (Å²) >= 11 is 0. The molecule has 2 N–H and O–H groups in total. The summed E-state index contributed by atoms with van der Waals surface area (Å²) < 4.78 is 23.9. The van der Waals surface area contributed by atoms with Crippen LogP contribution in [0.1, 0.15) is 27.6 Å². The van der Waals surface area contributed by atoms with E-state index in [0.29, 0.717) is 22.6 Å². The van der Waals surface area contributed by atoms with Crippen molar-refractivity contribution in [2.75, 3.05) is 25.6 Å². The van der Waals surface area contributed by atoms with Gasteiger partial charge in [0.1, 0.15) is 24.3 Å². The van der Waals surface area contributed by atoms with E-state index in [9.17, 15) is 19.1 Å². The SMILES string of the molecule is COc1ccccc1CN1C(=O)COCC1C(O)c1ccc(NC(=O)c2ccc(F)cc2)cc1. The van der Waals surface area contributed by atoms with Crippen LogP contribution in [0.3, 0.4) is 0 Å². The smallest absolute Gasteiger partial charge is 0.255 e. The Labute approximate surface area is 196 Å². The van der Waals surface area contributed by atoms with Crippen molar-refractivity contribution < 1.29 is 28.6 Å². The van der Waals surface area contributed by atoms with Crippen molar-refractivity contribution in [3.63, 3.8) is 0 Å². The Morgan fingerprint density at radius 2 is 1.85 bits per heavy atom. The van der Waals surface area contributed by atoms with Crippen LogP contribution in [0, 0.1) is 5.82 Å². The molecule has 8 heteroatoms. The number of carbonyl (C=O) groups excluding carboxylic acids is 2. The van der Waals surface area contributed by atoms with E-state index in [2.05, 4.69) is 5.32 Å². The number of aliphatic hydroxyl groups excluding tert-OH is 1. The van der Waals surface area contributed by atoms with Crippen LogP contribution in [0.15, 0.2) is 72.8 Å². The molecule has 1 aliphatic heterocycles. The maximum Gasteiger partial charge on any atom is 0.255 e. The molecule has 7 nitrogen and oxygen atoms in total. The third-order valence-electron chi connectivity index (χ3n) is 5.75. The zero-order valence-electron chi connectivity index (χ0n) is 18.6. The molecule has 0 aromatic heterocycles. The minimum Gasteiger partial charge on any atom is -0.496 e. The molecule has 1 heterocycles. The highest BCUT2D eigenvalue weighted by Crippen LogP contribution is 2.28. The molecular weight excluding hydrogens is 439 g/mol. The van der Waals surface area contributed by atoms with E-state index < -0.39 is 18.0 Å². The van der Waals surface area contributed by atoms with Crippen LogP contribution in [0.5, 0.6) is 5.75 Å². The van der Waals surface area contributed by atoms with Crippen molar-refractivity contribution in [1.29, 1.82) is 0 Å². The van der Waals surface area contributed by atoms with E-state index in [1.54, 1.807) is 36.3 Å². The normalized spacial score (nSPS) is 16.7. The molecule has 1 fully saturated rings. The maximum atomic E-state index is 13.1. The number of hydrogen-bond donors (Lipinski definition) is 2. The Kier molecular flexibility index (Phi) is 7.20. The molecule has 0 spiro atoms. The van der Waals surface area contributed by atoms with Gasteiger partial charge in [0.15, 0.2) is 0 Å². The average Bonchev–Trinajstić information content (AvgIpc) is 2.86. The van der Waals surface area contributed by atoms with Crippen LogP contribution in [0.2, 0.25) is 0 Å². The number of nitrogens with one attached hydrogen (secondary N) is 1. The quantitative estimate of drug-likeness (QED) is 0.559. The summed E-state index contributed by atoms with van der Waals surface area (Å²) in [5, 5.41) is 13.8. The van der Waals surface area contributed by atoms with Crippen LogP contribution in [-0.4, -0.2) is 48.2 Å². The van der Waals surface area contributed by atoms with Gasteiger partial charge in [-0.2, -0.15) is 0 Å². The molecule has 2 unspecified atom stereocenters. The number of methoxy groups -OCH3 is 1. The summed E-state index contributed by atoms with van der Waals surface area (Å²) in [5.41, 5.74) is 2.26. The molecule has 2 amide bonds. The first-order valence-electron chi connectivity index (χ1n) is 10.8. The maximum absolute atomic E-state index is 13.1. The van der Waals surface area contributed by atoms with Gasteiger partial charge < -0.3 is 24.8 Å². The van der Waals surface area contributed by atoms with Crippen LogP contribution < -0.4 is 10.1 Å². The van der Waals surface area contributed by atoms with Crippen molar-refractivity contribution in [2.45, 2.75) is 18.7 Å². The lowest BCUT2D eigenvalue weighted by Gasteiger charge is -2.38. The molecule has 0 aliphatic carbocycles. The van der Waals surface area contributed by atoms with Gasteiger partial charge in [-0.3, -0.25) is 9.59 Å². The van der Waals surface area contributed by atoms with Gasteiger partial charge in [0, 0.05) is 23.4 Å². The van der Waals surface area contributed by atoms with E-state index in [1.165, 1.54) is 24.3 Å². The number of aliphatic hydroxyl groups is 1. The molecule has 1 saturated heterocycles. The van der Waals surface area contributed by atoms with Crippen LogP contribution in [-0.2, 0) is 16.1 Å². The Hall–Kier alpha value is -3.75. The predicted molar refractivity (Wildman–Crippen MR) is 124 cm³/mol. The first-order valence-corrected chi connectivity index (χ1v) is 10.8. The molecule has 0 bridgehead atoms. The minimum absolute atomic E-state index is 0.0489. The number of anilines is 1. The third kappa shape index (κ3) is 5.24. The van der Waals surface area contributed by atoms with Gasteiger partial charge in [0.25, 0.3) is 5.91 Å². The minimum atomic E-state index is -0.999. The molecular formula is C26H25FN2O5. The number of ether oxygens (including phenoxy) is 2. The Morgan fingerprint density at radius 3 is 2.56 bits per heavy atom. The summed E-state index contributed by atoms with van der Waals surface area (Å²) in [4.78, 5) is 26.6. The number of morpholine rings is 1. The van der Waals surface area contributed by atoms with E-state index >= 15 is 0 Å². The zero-order chi connectivity index (χ0) is 24.1. The molecule has 34 heavy (non-hydrogen) atoms. The lowest BCUT2D eigenvalue weighted by atomic mass is 9.99. The summed E-state index contributed by atoms with van der Waals surface area (Å²) in [5.74, 6) is -0.344. The van der Waals surface area contributed by atoms with Crippen LogP contribution >= 0.6 is 0 Å². The molecule has 4 rings (SSSR count). The number of rotatable bonds is 7. The van der Waals surface area contributed by atoms with Gasteiger partial charge in [-0.25, -0.2) is 4.39 Å². The second kappa shape index (κ2) is 10.5. The van der Waals surface area contributed by atoms with Gasteiger partial charge in [0.2, 0.25) is 5.91 Å². The number of nitrogens with zero attached hydrogens (tertiary/aromatic N) is 1. The summed E-state index contributed by atoms with van der Waals surface area (Å²) in [7, 11) is 1.57. The topological polar surface area (TPSA) is 88.1 Å². The van der Waals surface area contributed by atoms with Gasteiger partial charge in [-0.1, -0.05) is 30.3 Å². The van der Waals surface area contributed by atoms with Crippen molar-refractivity contribution >= 4 is 17.5 Å². The fourth-order valence-electron chi connectivity index (χ4n) is 3.90. The number of para-hydroxylation sites is 1. The molecule has 2 atom stereocenters. The fourth-order valence-corrected chi connectivity index (χ4v) is 3.90. The van der Waals surface area contributed by atoms with Crippen molar-refractivity contribution in [3.8, 4) is 5.75 Å². The Balaban J connectivity index is 1.47. The summed E-state index contributed by atoms with van der Waals surface area (Å²) in [6, 6.07) is 18.8. The lowest BCUT2D eigenvalue weighted by molar-refractivity contribution is -0.155. The van der Waals surface area contributed by atoms with E-state index in [-0.39, 0.29) is 31.6 Å². The molecule has 176 valence electrons. The number of amides is 2. The molecule has 0 radical (unpaired) electrons. The Bertz CT molecular complexity index is 1150. The number of benzene rings is 3. The predicted octanol–water partition coefficient (Wildman–Crippen LogP) is 3.55. The van der Waals surface area contributed by atoms with E-state index in [4.69, 9.17) is 9.47 Å². The first kappa shape index (κ1) is 23.4. The van der Waals surface area contributed by atoms with Gasteiger partial charge in [-0.15, -0.1) is 0 Å². The highest BCUT2D eigenvalue weighted by atomic mass is 19.1. The first-order chi connectivity index (χ1) is 16.5. The summed E-state index contributed by atoms with van der Waals surface area (Å²) in [6.07, 6.45) is -0.999. The number of halogens is 1. The largest absolute Gasteiger partial charge is 0.496 e. The van der Waals surface area contributed by atoms with Crippen molar-refractivity contribution in [2.24, 2.45) is 0 Å².